The summed E-state index contributed by atoms with van der Waals surface area (Å²) < 4.78 is 76.9. The summed E-state index contributed by atoms with van der Waals surface area (Å²) in [5.41, 5.74) is 8.60. The van der Waals surface area contributed by atoms with Gasteiger partial charge in [0.15, 0.2) is 11.6 Å². The lowest BCUT2D eigenvalue weighted by Gasteiger charge is -2.30. The van der Waals surface area contributed by atoms with Crippen LogP contribution in [0.1, 0.15) is 43.5 Å². The molecule has 0 bridgehead atoms. The molecular weight excluding hydrogens is 606 g/mol. The number of anilines is 3. The predicted octanol–water partition coefficient (Wildman–Crippen LogP) is 6.13. The predicted molar refractivity (Wildman–Crippen MR) is 158 cm³/mol. The highest BCUT2D eigenvalue weighted by molar-refractivity contribution is 6.36. The Bertz CT molecular complexity index is 1750. The number of hydrogen-bond donors (Lipinski definition) is 2. The summed E-state index contributed by atoms with van der Waals surface area (Å²) in [5, 5.41) is -0.400. The number of hydrogen-bond acceptors (Lipinski definition) is 10. The number of halogens is 5. The normalized spacial score (nSPS) is 14.4. The fraction of sp³-hybridized carbons (Fsp3) is 0.379. The van der Waals surface area contributed by atoms with Gasteiger partial charge in [0.25, 0.3) is 0 Å². The van der Waals surface area contributed by atoms with E-state index in [9.17, 15) is 13.2 Å². The van der Waals surface area contributed by atoms with Crippen LogP contribution in [0.25, 0.3) is 22.2 Å². The minimum absolute atomic E-state index is 0.00314. The van der Waals surface area contributed by atoms with Gasteiger partial charge in [-0.05, 0) is 45.4 Å². The van der Waals surface area contributed by atoms with Gasteiger partial charge in [-0.2, -0.15) is 23.1 Å². The van der Waals surface area contributed by atoms with E-state index in [1.54, 1.807) is 37.1 Å². The third-order valence-electron chi connectivity index (χ3n) is 7.44. The number of ether oxygens (including phenoxy) is 3. The summed E-state index contributed by atoms with van der Waals surface area (Å²) in [6.07, 6.45) is -3.36. The van der Waals surface area contributed by atoms with Crippen LogP contribution in [0, 0.1) is 12.7 Å². The van der Waals surface area contributed by atoms with Crippen molar-refractivity contribution >= 4 is 40.0 Å². The molecule has 4 aromatic rings. The van der Waals surface area contributed by atoms with E-state index in [-0.39, 0.29) is 65.4 Å². The number of pyridine rings is 2. The van der Waals surface area contributed by atoms with Crippen molar-refractivity contribution in [1.82, 2.24) is 19.9 Å². The summed E-state index contributed by atoms with van der Waals surface area (Å²) in [4.78, 5) is 18.8. The highest BCUT2D eigenvalue weighted by Gasteiger charge is 2.40. The molecule has 0 radical (unpaired) electrons. The van der Waals surface area contributed by atoms with E-state index in [1.165, 1.54) is 14.0 Å². The molecule has 0 saturated heterocycles. The molecule has 0 aliphatic carbocycles. The van der Waals surface area contributed by atoms with Gasteiger partial charge in [0.1, 0.15) is 36.2 Å². The largest absolute Gasteiger partial charge is 0.489 e. The van der Waals surface area contributed by atoms with Crippen molar-refractivity contribution in [2.45, 2.75) is 45.5 Å². The Hall–Kier alpha value is -4.17. The third-order valence-corrected chi connectivity index (χ3v) is 7.80. The van der Waals surface area contributed by atoms with Gasteiger partial charge in [-0.1, -0.05) is 17.7 Å². The number of alkyl halides is 3. The Morgan fingerprint density at radius 3 is 2.57 bits per heavy atom. The van der Waals surface area contributed by atoms with Crippen molar-refractivity contribution in [3.63, 3.8) is 0 Å². The first-order valence-electron chi connectivity index (χ1n) is 13.5. The van der Waals surface area contributed by atoms with Crippen LogP contribution < -0.4 is 25.8 Å². The fourth-order valence-corrected chi connectivity index (χ4v) is 5.39. The number of methoxy groups -OCH3 is 1. The van der Waals surface area contributed by atoms with Crippen molar-refractivity contribution < 1.29 is 31.8 Å². The zero-order valence-corrected chi connectivity index (χ0v) is 25.3. The number of rotatable bonds is 7. The van der Waals surface area contributed by atoms with E-state index >= 15 is 4.39 Å². The number of benzene rings is 1. The second-order valence-corrected chi connectivity index (χ2v) is 11.3. The molecule has 1 aromatic carbocycles. The van der Waals surface area contributed by atoms with E-state index in [0.29, 0.717) is 5.56 Å². The summed E-state index contributed by atoms with van der Waals surface area (Å²) in [5.74, 6) is -1.10. The molecule has 0 amide bonds. The number of aryl methyl sites for hydroxylation is 1. The van der Waals surface area contributed by atoms with E-state index in [0.717, 1.165) is 6.07 Å². The van der Waals surface area contributed by atoms with Crippen LogP contribution in [-0.2, 0) is 10.9 Å². The minimum Gasteiger partial charge on any atom is -0.489 e. The van der Waals surface area contributed by atoms with Crippen LogP contribution in [0.4, 0.5) is 35.0 Å². The lowest BCUT2D eigenvalue weighted by molar-refractivity contribution is -0.137. The molecule has 1 aliphatic rings. The molecule has 0 unspecified atom stereocenters. The average molecular weight is 636 g/mol. The van der Waals surface area contributed by atoms with Crippen molar-refractivity contribution in [2.24, 2.45) is 0 Å². The van der Waals surface area contributed by atoms with E-state index in [2.05, 4.69) is 19.9 Å². The van der Waals surface area contributed by atoms with Crippen LogP contribution in [0.3, 0.4) is 0 Å². The number of nitrogens with two attached hydrogens (primary N) is 2. The zero-order valence-electron chi connectivity index (χ0n) is 24.5. The summed E-state index contributed by atoms with van der Waals surface area (Å²) >= 11 is 6.72. The van der Waals surface area contributed by atoms with Crippen molar-refractivity contribution in [2.75, 3.05) is 43.2 Å². The van der Waals surface area contributed by atoms with Crippen LogP contribution in [0.2, 0.25) is 5.02 Å². The number of nitrogen functional groups attached to an aromatic ring is 2. The third kappa shape index (κ3) is 5.59. The summed E-state index contributed by atoms with van der Waals surface area (Å²) in [7, 11) is 1.50. The van der Waals surface area contributed by atoms with E-state index < -0.39 is 45.5 Å². The molecule has 3 aromatic heterocycles. The molecule has 4 N–H and O–H groups in total. The Labute approximate surface area is 255 Å². The van der Waals surface area contributed by atoms with Gasteiger partial charge in [-0.15, -0.1) is 0 Å². The molecular formula is C29H30ClF4N7O3. The first-order chi connectivity index (χ1) is 20.6. The van der Waals surface area contributed by atoms with Gasteiger partial charge in [0.05, 0.1) is 45.4 Å². The molecule has 234 valence electrons. The maximum absolute atomic E-state index is 16.7. The van der Waals surface area contributed by atoms with E-state index in [1.807, 2.05) is 6.92 Å². The molecule has 0 spiro atoms. The second-order valence-electron chi connectivity index (χ2n) is 10.9. The highest BCUT2D eigenvalue weighted by atomic mass is 35.5. The topological polar surface area (TPSA) is 135 Å². The van der Waals surface area contributed by atoms with Gasteiger partial charge in [-0.3, -0.25) is 0 Å². The fourth-order valence-electron chi connectivity index (χ4n) is 5.06. The van der Waals surface area contributed by atoms with Gasteiger partial charge >= 0.3 is 12.2 Å². The van der Waals surface area contributed by atoms with Crippen LogP contribution in [0.5, 0.6) is 11.8 Å². The Morgan fingerprint density at radius 1 is 1.18 bits per heavy atom. The summed E-state index contributed by atoms with van der Waals surface area (Å²) in [6, 6.07) is 3.86. The van der Waals surface area contributed by atoms with Crippen LogP contribution in [-0.4, -0.2) is 52.4 Å². The monoisotopic (exact) mass is 635 g/mol. The molecule has 4 heterocycles. The molecule has 44 heavy (non-hydrogen) atoms. The van der Waals surface area contributed by atoms with Crippen molar-refractivity contribution in [3.05, 3.63) is 51.9 Å². The summed E-state index contributed by atoms with van der Waals surface area (Å²) in [6.45, 7) is 6.76. The standard InChI is InChI=1S/C29H30ClF4N7O3/c1-13-11-16(35)38-22(19(13)29(32,33)34)17-20(30)24-18-23(21(17)31)39-27(44-12-28(3,4)42-5)40-26(18)41(9-10-43-24)14(2)15-7-6-8-37-25(15)36/h6-8,11,14H,9-10,12H2,1-5H3,(H2,35,38)(H2,36,37)/t14-/m1/s1. The Kier molecular flexibility index (Phi) is 8.10. The van der Waals surface area contributed by atoms with Gasteiger partial charge < -0.3 is 30.6 Å². The first-order valence-corrected chi connectivity index (χ1v) is 13.9. The minimum atomic E-state index is -4.91. The zero-order chi connectivity index (χ0) is 32.1. The van der Waals surface area contributed by atoms with Gasteiger partial charge in [-0.25, -0.2) is 14.4 Å². The smallest absolute Gasteiger partial charge is 0.418 e. The average Bonchev–Trinajstić information content (AvgIpc) is 3.14. The van der Waals surface area contributed by atoms with Gasteiger partial charge in [0.2, 0.25) is 0 Å². The highest BCUT2D eigenvalue weighted by Crippen LogP contribution is 2.50. The lowest BCUT2D eigenvalue weighted by atomic mass is 9.98. The lowest BCUT2D eigenvalue weighted by Crippen LogP contribution is -2.32. The molecule has 1 aliphatic heterocycles. The second kappa shape index (κ2) is 11.4. The van der Waals surface area contributed by atoms with Crippen LogP contribution in [0.15, 0.2) is 24.4 Å². The van der Waals surface area contributed by atoms with Crippen molar-refractivity contribution in [3.8, 4) is 23.0 Å². The molecule has 1 atom stereocenters. The van der Waals surface area contributed by atoms with Crippen molar-refractivity contribution in [1.29, 1.82) is 0 Å². The maximum Gasteiger partial charge on any atom is 0.418 e. The van der Waals surface area contributed by atoms with E-state index in [4.69, 9.17) is 37.3 Å². The number of nitrogens with zero attached hydrogens (tertiary/aromatic N) is 5. The first kappa shape index (κ1) is 31.3. The van der Waals surface area contributed by atoms with Crippen LogP contribution >= 0.6 is 11.6 Å². The Morgan fingerprint density at radius 2 is 1.91 bits per heavy atom. The molecule has 5 rings (SSSR count). The molecule has 15 heteroatoms. The SMILES string of the molecule is COC(C)(C)COc1nc2c3c(c(Cl)c(-c4nc(N)cc(C)c4C(F)(F)F)c(F)c3n1)OCCN2[C@H](C)c1cccnc1N. The number of aromatic nitrogens is 4. The maximum atomic E-state index is 16.7. The quantitative estimate of drug-likeness (QED) is 0.228. The molecule has 0 saturated carbocycles. The molecule has 10 nitrogen and oxygen atoms in total. The molecule has 0 fully saturated rings. The van der Waals surface area contributed by atoms with Gasteiger partial charge in [0, 0.05) is 18.9 Å². The Balaban J connectivity index is 1.84.